The number of nitrogens with zero attached hydrogens (tertiary/aromatic N) is 3. The topological polar surface area (TPSA) is 50.3 Å². The Morgan fingerprint density at radius 2 is 2.05 bits per heavy atom. The van der Waals surface area contributed by atoms with Gasteiger partial charge >= 0.3 is 0 Å². The fraction of sp³-hybridized carbons (Fsp3) is 0.750. The van der Waals surface area contributed by atoms with Crippen molar-refractivity contribution in [3.8, 4) is 5.88 Å². The largest absolute Gasteiger partial charge is 0.475 e. The van der Waals surface area contributed by atoms with Crippen molar-refractivity contribution in [1.29, 1.82) is 0 Å². The second-order valence-corrected chi connectivity index (χ2v) is 6.47. The van der Waals surface area contributed by atoms with E-state index >= 15 is 0 Å². The molecule has 1 aliphatic heterocycles. The number of anilines is 1. The molecule has 0 bridgehead atoms. The van der Waals surface area contributed by atoms with Crippen LogP contribution >= 0.6 is 0 Å². The summed E-state index contributed by atoms with van der Waals surface area (Å²) in [6, 6.07) is 2.49. The van der Waals surface area contributed by atoms with Gasteiger partial charge in [-0.05, 0) is 52.0 Å². The van der Waals surface area contributed by atoms with Gasteiger partial charge in [0.05, 0.1) is 6.10 Å². The van der Waals surface area contributed by atoms with Crippen LogP contribution in [-0.4, -0.2) is 41.7 Å². The molecule has 0 unspecified atom stereocenters. The molecule has 1 aromatic rings. The van der Waals surface area contributed by atoms with Gasteiger partial charge in [0.1, 0.15) is 0 Å². The Labute approximate surface area is 127 Å². The molecule has 5 heteroatoms. The van der Waals surface area contributed by atoms with Gasteiger partial charge in [0.25, 0.3) is 0 Å². The third-order valence-corrected chi connectivity index (χ3v) is 4.14. The number of piperidine rings is 1. The molecule has 21 heavy (non-hydrogen) atoms. The normalized spacial score (nSPS) is 20.0. The minimum absolute atomic E-state index is 0.144. The molecule has 2 heterocycles. The van der Waals surface area contributed by atoms with Gasteiger partial charge in [-0.3, -0.25) is 0 Å². The van der Waals surface area contributed by atoms with Crippen molar-refractivity contribution < 1.29 is 4.74 Å². The summed E-state index contributed by atoms with van der Waals surface area (Å²) in [7, 11) is 0. The molecular weight excluding hydrogens is 264 g/mol. The molecule has 1 aliphatic carbocycles. The molecule has 1 saturated heterocycles. The van der Waals surface area contributed by atoms with Crippen molar-refractivity contribution in [3.63, 3.8) is 0 Å². The molecule has 0 spiro atoms. The Morgan fingerprint density at radius 3 is 2.71 bits per heavy atom. The van der Waals surface area contributed by atoms with Crippen molar-refractivity contribution in [1.82, 2.24) is 15.3 Å². The van der Waals surface area contributed by atoms with Gasteiger partial charge in [-0.25, -0.2) is 4.98 Å². The lowest BCUT2D eigenvalue weighted by Gasteiger charge is -2.32. The molecule has 5 nitrogen and oxygen atoms in total. The van der Waals surface area contributed by atoms with Crippen LogP contribution in [0.3, 0.4) is 0 Å². The summed E-state index contributed by atoms with van der Waals surface area (Å²) in [5, 5.41) is 3.70. The minimum Gasteiger partial charge on any atom is -0.475 e. The number of rotatable bonds is 6. The SMILES string of the molecule is CC(C)Oc1ccnc(N2CCC(NCC3CC3)CC2)n1. The summed E-state index contributed by atoms with van der Waals surface area (Å²) >= 11 is 0. The number of hydrogen-bond donors (Lipinski definition) is 1. The predicted molar refractivity (Wildman–Crippen MR) is 83.8 cm³/mol. The van der Waals surface area contributed by atoms with Crippen LogP contribution in [-0.2, 0) is 0 Å². The molecule has 1 aromatic heterocycles. The van der Waals surface area contributed by atoms with Crippen LogP contribution in [0, 0.1) is 5.92 Å². The number of ether oxygens (including phenoxy) is 1. The summed E-state index contributed by atoms with van der Waals surface area (Å²) in [5.41, 5.74) is 0. The average Bonchev–Trinajstić information content (AvgIpc) is 3.29. The number of nitrogens with one attached hydrogen (secondary N) is 1. The fourth-order valence-corrected chi connectivity index (χ4v) is 2.73. The van der Waals surface area contributed by atoms with Gasteiger partial charge in [0.15, 0.2) is 0 Å². The van der Waals surface area contributed by atoms with E-state index in [-0.39, 0.29) is 6.10 Å². The van der Waals surface area contributed by atoms with Crippen molar-refractivity contribution in [2.45, 2.75) is 51.7 Å². The lowest BCUT2D eigenvalue weighted by molar-refractivity contribution is 0.232. The van der Waals surface area contributed by atoms with Gasteiger partial charge in [-0.15, -0.1) is 0 Å². The lowest BCUT2D eigenvalue weighted by Crippen LogP contribution is -2.43. The van der Waals surface area contributed by atoms with E-state index in [9.17, 15) is 0 Å². The first-order valence-electron chi connectivity index (χ1n) is 8.19. The van der Waals surface area contributed by atoms with Crippen molar-refractivity contribution in [2.75, 3.05) is 24.5 Å². The maximum atomic E-state index is 5.65. The highest BCUT2D eigenvalue weighted by Crippen LogP contribution is 2.28. The first kappa shape index (κ1) is 14.6. The second kappa shape index (κ2) is 6.60. The molecule has 3 rings (SSSR count). The first-order chi connectivity index (χ1) is 10.2. The number of aromatic nitrogens is 2. The number of hydrogen-bond acceptors (Lipinski definition) is 5. The van der Waals surface area contributed by atoms with Crippen LogP contribution in [0.4, 0.5) is 5.95 Å². The highest BCUT2D eigenvalue weighted by Gasteiger charge is 2.25. The molecule has 0 atom stereocenters. The molecule has 0 aromatic carbocycles. The van der Waals surface area contributed by atoms with Gasteiger partial charge in [0.2, 0.25) is 11.8 Å². The maximum Gasteiger partial charge on any atom is 0.228 e. The molecule has 2 aliphatic rings. The standard InChI is InChI=1S/C16H26N4O/c1-12(2)21-15-5-8-17-16(19-15)20-9-6-14(7-10-20)18-11-13-3-4-13/h5,8,12-14,18H,3-4,6-7,9-11H2,1-2H3. The minimum atomic E-state index is 0.144. The van der Waals surface area contributed by atoms with Crippen LogP contribution < -0.4 is 15.0 Å². The highest BCUT2D eigenvalue weighted by molar-refractivity contribution is 5.32. The summed E-state index contributed by atoms with van der Waals surface area (Å²) in [6.45, 7) is 7.28. The monoisotopic (exact) mass is 290 g/mol. The smallest absolute Gasteiger partial charge is 0.228 e. The second-order valence-electron chi connectivity index (χ2n) is 6.47. The molecule has 116 valence electrons. The maximum absolute atomic E-state index is 5.65. The Morgan fingerprint density at radius 1 is 1.29 bits per heavy atom. The average molecular weight is 290 g/mol. The van der Waals surface area contributed by atoms with Crippen molar-refractivity contribution in [2.24, 2.45) is 5.92 Å². The first-order valence-corrected chi connectivity index (χ1v) is 8.19. The van der Waals surface area contributed by atoms with E-state index in [1.165, 1.54) is 32.2 Å². The van der Waals surface area contributed by atoms with Crippen LogP contribution in [0.2, 0.25) is 0 Å². The van der Waals surface area contributed by atoms with E-state index in [2.05, 4.69) is 20.2 Å². The van der Waals surface area contributed by atoms with Crippen molar-refractivity contribution in [3.05, 3.63) is 12.3 Å². The van der Waals surface area contributed by atoms with E-state index in [1.807, 2.05) is 19.9 Å². The summed E-state index contributed by atoms with van der Waals surface area (Å²) in [5.74, 6) is 2.43. The fourth-order valence-electron chi connectivity index (χ4n) is 2.73. The van der Waals surface area contributed by atoms with Crippen molar-refractivity contribution >= 4 is 5.95 Å². The van der Waals surface area contributed by atoms with E-state index in [1.54, 1.807) is 6.20 Å². The molecule has 0 radical (unpaired) electrons. The van der Waals surface area contributed by atoms with Crippen LogP contribution in [0.1, 0.15) is 39.5 Å². The third kappa shape index (κ3) is 4.30. The Bertz CT molecular complexity index is 453. The predicted octanol–water partition coefficient (Wildman–Crippen LogP) is 2.23. The molecule has 1 saturated carbocycles. The van der Waals surface area contributed by atoms with Crippen LogP contribution in [0.25, 0.3) is 0 Å². The summed E-state index contributed by atoms with van der Waals surface area (Å²) < 4.78 is 5.65. The molecular formula is C16H26N4O. The molecule has 0 amide bonds. The van der Waals surface area contributed by atoms with Gasteiger partial charge in [-0.1, -0.05) is 0 Å². The van der Waals surface area contributed by atoms with E-state index in [0.29, 0.717) is 11.9 Å². The molecule has 1 N–H and O–H groups in total. The van der Waals surface area contributed by atoms with Crippen LogP contribution in [0.5, 0.6) is 5.88 Å². The van der Waals surface area contributed by atoms with Crippen LogP contribution in [0.15, 0.2) is 12.3 Å². The lowest BCUT2D eigenvalue weighted by atomic mass is 10.1. The quantitative estimate of drug-likeness (QED) is 0.870. The Kier molecular flexibility index (Phi) is 4.58. The van der Waals surface area contributed by atoms with Gasteiger partial charge < -0.3 is 15.0 Å². The van der Waals surface area contributed by atoms with Gasteiger partial charge in [0, 0.05) is 31.4 Å². The zero-order chi connectivity index (χ0) is 14.7. The Balaban J connectivity index is 1.51. The zero-order valence-electron chi connectivity index (χ0n) is 13.1. The third-order valence-electron chi connectivity index (χ3n) is 4.14. The van der Waals surface area contributed by atoms with Gasteiger partial charge in [-0.2, -0.15) is 4.98 Å². The van der Waals surface area contributed by atoms with E-state index < -0.39 is 0 Å². The summed E-state index contributed by atoms with van der Waals surface area (Å²) in [4.78, 5) is 11.2. The molecule has 2 fully saturated rings. The Hall–Kier alpha value is -1.36. The summed E-state index contributed by atoms with van der Waals surface area (Å²) in [6.07, 6.45) is 7.11. The van der Waals surface area contributed by atoms with E-state index in [0.717, 1.165) is 25.0 Å². The highest BCUT2D eigenvalue weighted by atomic mass is 16.5. The van der Waals surface area contributed by atoms with E-state index in [4.69, 9.17) is 4.74 Å². The zero-order valence-corrected chi connectivity index (χ0v) is 13.1.